The number of hydrogen-bond acceptors (Lipinski definition) is 4. The maximum absolute atomic E-state index is 11.8. The molecule has 120 valence electrons. The third kappa shape index (κ3) is 4.84. The van der Waals surface area contributed by atoms with Crippen molar-refractivity contribution in [3.8, 4) is 0 Å². The Morgan fingerprint density at radius 2 is 1.86 bits per heavy atom. The standard InChI is InChI=1S/C13H13Cl3N2O3S/c14-13(15,16)12(19)18-11-8-22(20,21)7-10(11)17-6-9-4-2-1-3-5-9/h1-6,10-11H,7-8H2,(H,18,19)/t10-,11+/m0/s1. The molecule has 0 bridgehead atoms. The molecule has 5 nitrogen and oxygen atoms in total. The molecule has 0 radical (unpaired) electrons. The van der Waals surface area contributed by atoms with Crippen molar-refractivity contribution in [3.63, 3.8) is 0 Å². The molecule has 2 rings (SSSR count). The Bertz CT molecular complexity index is 672. The number of alkyl halides is 3. The van der Waals surface area contributed by atoms with Gasteiger partial charge in [-0.15, -0.1) is 0 Å². The molecular weight excluding hydrogens is 371 g/mol. The number of carbonyl (C=O) groups is 1. The third-order valence-corrected chi connectivity index (χ3v) is 5.34. The summed E-state index contributed by atoms with van der Waals surface area (Å²) in [6.45, 7) is 0. The van der Waals surface area contributed by atoms with Gasteiger partial charge >= 0.3 is 0 Å². The normalized spacial score (nSPS) is 24.5. The molecular formula is C13H13Cl3N2O3S. The summed E-state index contributed by atoms with van der Waals surface area (Å²) in [7, 11) is -3.30. The average molecular weight is 384 g/mol. The number of carbonyl (C=O) groups excluding carboxylic acids is 1. The molecule has 1 fully saturated rings. The lowest BCUT2D eigenvalue weighted by Gasteiger charge is -2.19. The molecule has 1 heterocycles. The van der Waals surface area contributed by atoms with Crippen LogP contribution < -0.4 is 5.32 Å². The Kier molecular flexibility index (Phi) is 5.37. The predicted octanol–water partition coefficient (Wildman–Crippen LogP) is 1.76. The minimum Gasteiger partial charge on any atom is -0.346 e. The largest absolute Gasteiger partial charge is 0.346 e. The molecule has 1 N–H and O–H groups in total. The quantitative estimate of drug-likeness (QED) is 0.638. The maximum atomic E-state index is 11.8. The van der Waals surface area contributed by atoms with Gasteiger partial charge in [0.25, 0.3) is 9.70 Å². The van der Waals surface area contributed by atoms with Crippen molar-refractivity contribution in [2.75, 3.05) is 11.5 Å². The molecule has 0 unspecified atom stereocenters. The monoisotopic (exact) mass is 382 g/mol. The van der Waals surface area contributed by atoms with Crippen LogP contribution in [0.2, 0.25) is 0 Å². The van der Waals surface area contributed by atoms with Gasteiger partial charge in [0, 0.05) is 6.21 Å². The van der Waals surface area contributed by atoms with Gasteiger partial charge in [-0.1, -0.05) is 65.1 Å². The lowest BCUT2D eigenvalue weighted by molar-refractivity contribution is -0.120. The number of halogens is 3. The van der Waals surface area contributed by atoms with Crippen LogP contribution in [0.3, 0.4) is 0 Å². The van der Waals surface area contributed by atoms with E-state index in [4.69, 9.17) is 34.8 Å². The van der Waals surface area contributed by atoms with E-state index >= 15 is 0 Å². The first-order chi connectivity index (χ1) is 10.2. The van der Waals surface area contributed by atoms with E-state index in [0.717, 1.165) is 5.56 Å². The minimum atomic E-state index is -3.30. The van der Waals surface area contributed by atoms with Crippen molar-refractivity contribution < 1.29 is 13.2 Å². The van der Waals surface area contributed by atoms with Crippen LogP contribution in [-0.4, -0.2) is 47.9 Å². The van der Waals surface area contributed by atoms with Crippen molar-refractivity contribution >= 4 is 56.8 Å². The summed E-state index contributed by atoms with van der Waals surface area (Å²) in [6.07, 6.45) is 1.57. The van der Waals surface area contributed by atoms with Crippen molar-refractivity contribution in [1.82, 2.24) is 5.32 Å². The Hall–Kier alpha value is -0.820. The van der Waals surface area contributed by atoms with Gasteiger partial charge in [-0.2, -0.15) is 0 Å². The molecule has 1 aromatic carbocycles. The number of sulfone groups is 1. The van der Waals surface area contributed by atoms with E-state index in [9.17, 15) is 13.2 Å². The summed E-state index contributed by atoms with van der Waals surface area (Å²) in [5.74, 6) is -1.24. The Morgan fingerprint density at radius 3 is 2.45 bits per heavy atom. The van der Waals surface area contributed by atoms with E-state index < -0.39 is 31.6 Å². The molecule has 0 aliphatic carbocycles. The highest BCUT2D eigenvalue weighted by Crippen LogP contribution is 2.27. The fourth-order valence-electron chi connectivity index (χ4n) is 2.08. The summed E-state index contributed by atoms with van der Waals surface area (Å²) >= 11 is 16.5. The van der Waals surface area contributed by atoms with Gasteiger partial charge in [0.15, 0.2) is 9.84 Å². The van der Waals surface area contributed by atoms with Crippen molar-refractivity contribution in [3.05, 3.63) is 35.9 Å². The van der Waals surface area contributed by atoms with Gasteiger partial charge in [0.1, 0.15) is 0 Å². The van der Waals surface area contributed by atoms with Gasteiger partial charge in [-0.25, -0.2) is 8.42 Å². The average Bonchev–Trinajstić information content (AvgIpc) is 2.71. The number of nitrogens with one attached hydrogen (secondary N) is 1. The van der Waals surface area contributed by atoms with Gasteiger partial charge in [-0.3, -0.25) is 9.79 Å². The van der Waals surface area contributed by atoms with Crippen molar-refractivity contribution in [2.45, 2.75) is 15.9 Å². The summed E-state index contributed by atoms with van der Waals surface area (Å²) in [5, 5.41) is 2.43. The number of amides is 1. The second kappa shape index (κ2) is 6.74. The van der Waals surface area contributed by atoms with Crippen LogP contribution >= 0.6 is 34.8 Å². The zero-order chi connectivity index (χ0) is 16.4. The smallest absolute Gasteiger partial charge is 0.272 e. The molecule has 0 saturated carbocycles. The van der Waals surface area contributed by atoms with E-state index in [1.807, 2.05) is 30.3 Å². The molecule has 0 spiro atoms. The van der Waals surface area contributed by atoms with Gasteiger partial charge in [-0.05, 0) is 5.56 Å². The van der Waals surface area contributed by atoms with Crippen LogP contribution in [0.25, 0.3) is 0 Å². The molecule has 1 saturated heterocycles. The van der Waals surface area contributed by atoms with Crippen LogP contribution in [0.1, 0.15) is 5.56 Å². The number of aliphatic imine (C=N–C) groups is 1. The summed E-state index contributed by atoms with van der Waals surface area (Å²) < 4.78 is 21.4. The summed E-state index contributed by atoms with van der Waals surface area (Å²) in [6, 6.07) is 7.89. The van der Waals surface area contributed by atoms with E-state index in [1.165, 1.54) is 0 Å². The maximum Gasteiger partial charge on any atom is 0.272 e. The fraction of sp³-hybridized carbons (Fsp3) is 0.385. The zero-order valence-corrected chi connectivity index (χ0v) is 14.3. The van der Waals surface area contributed by atoms with E-state index in [-0.39, 0.29) is 11.5 Å². The molecule has 1 aliphatic heterocycles. The number of rotatable bonds is 3. The SMILES string of the molecule is O=C(N[C@@H]1CS(=O)(=O)C[C@@H]1N=Cc1ccccc1)C(Cl)(Cl)Cl. The fourth-order valence-corrected chi connectivity index (χ4v) is 4.08. The molecule has 2 atom stereocenters. The van der Waals surface area contributed by atoms with E-state index in [1.54, 1.807) is 6.21 Å². The second-order valence-corrected chi connectivity index (χ2v) is 9.35. The van der Waals surface area contributed by atoms with Gasteiger partial charge in [0.05, 0.1) is 23.6 Å². The second-order valence-electron chi connectivity index (χ2n) is 4.91. The molecule has 1 aromatic rings. The van der Waals surface area contributed by atoms with Crippen LogP contribution in [0.5, 0.6) is 0 Å². The van der Waals surface area contributed by atoms with Gasteiger partial charge in [0.2, 0.25) is 0 Å². The van der Waals surface area contributed by atoms with Crippen LogP contribution in [0, 0.1) is 0 Å². The first kappa shape index (κ1) is 17.5. The summed E-state index contributed by atoms with van der Waals surface area (Å²) in [4.78, 5) is 16.0. The van der Waals surface area contributed by atoms with Crippen LogP contribution in [0.4, 0.5) is 0 Å². The van der Waals surface area contributed by atoms with Gasteiger partial charge < -0.3 is 5.32 Å². The Labute approximate surface area is 143 Å². The molecule has 9 heteroatoms. The summed E-state index contributed by atoms with van der Waals surface area (Å²) in [5.41, 5.74) is 0.832. The molecule has 1 amide bonds. The predicted molar refractivity (Wildman–Crippen MR) is 88.7 cm³/mol. The Morgan fingerprint density at radius 1 is 1.23 bits per heavy atom. The lowest BCUT2D eigenvalue weighted by Crippen LogP contribution is -2.46. The Balaban J connectivity index is 2.13. The molecule has 0 aromatic heterocycles. The highest BCUT2D eigenvalue weighted by Gasteiger charge is 2.41. The molecule has 1 aliphatic rings. The highest BCUT2D eigenvalue weighted by molar-refractivity contribution is 7.91. The first-order valence-electron chi connectivity index (χ1n) is 6.34. The number of hydrogen-bond donors (Lipinski definition) is 1. The highest BCUT2D eigenvalue weighted by atomic mass is 35.6. The molecule has 22 heavy (non-hydrogen) atoms. The number of benzene rings is 1. The van der Waals surface area contributed by atoms with Crippen molar-refractivity contribution in [2.24, 2.45) is 4.99 Å². The van der Waals surface area contributed by atoms with E-state index in [2.05, 4.69) is 10.3 Å². The van der Waals surface area contributed by atoms with Crippen LogP contribution in [-0.2, 0) is 14.6 Å². The van der Waals surface area contributed by atoms with Crippen LogP contribution in [0.15, 0.2) is 35.3 Å². The third-order valence-electron chi connectivity index (χ3n) is 3.11. The first-order valence-corrected chi connectivity index (χ1v) is 9.29. The van der Waals surface area contributed by atoms with Crippen molar-refractivity contribution in [1.29, 1.82) is 0 Å². The minimum absolute atomic E-state index is 0.152. The van der Waals surface area contributed by atoms with E-state index in [0.29, 0.717) is 0 Å². The lowest BCUT2D eigenvalue weighted by atomic mass is 10.1. The zero-order valence-electron chi connectivity index (χ0n) is 11.2. The number of nitrogens with zero attached hydrogens (tertiary/aromatic N) is 1. The topological polar surface area (TPSA) is 75.6 Å².